The van der Waals surface area contributed by atoms with Gasteiger partial charge in [-0.1, -0.05) is 0 Å². The third-order valence-electron chi connectivity index (χ3n) is 3.81. The molecule has 0 aliphatic heterocycles. The molecule has 0 bridgehead atoms. The first kappa shape index (κ1) is 13.7. The van der Waals surface area contributed by atoms with Crippen LogP contribution in [0.1, 0.15) is 0 Å². The minimum atomic E-state index is 0.697. The van der Waals surface area contributed by atoms with Crippen molar-refractivity contribution in [2.75, 3.05) is 0 Å². The van der Waals surface area contributed by atoms with E-state index in [0.29, 0.717) is 11.5 Å². The van der Waals surface area contributed by atoms with E-state index in [-0.39, 0.29) is 0 Å². The van der Waals surface area contributed by atoms with Gasteiger partial charge in [-0.25, -0.2) is 0 Å². The minimum Gasteiger partial charge on any atom is -0.526 e. The van der Waals surface area contributed by atoms with Crippen LogP contribution in [0, 0.1) is 0 Å². The molecule has 0 atom stereocenters. The average Bonchev–Trinajstić information content (AvgIpc) is 3.11. The topological polar surface area (TPSA) is 54.1 Å². The molecule has 0 saturated heterocycles. The first-order valence-electron chi connectivity index (χ1n) is 7.19. The van der Waals surface area contributed by atoms with E-state index in [1.807, 2.05) is 62.9 Å². The Morgan fingerprint density at radius 2 is 1.26 bits per heavy atom. The number of aromatic nitrogens is 4. The molecule has 2 aromatic heterocycles. The van der Waals surface area contributed by atoms with Crippen molar-refractivity contribution in [3.05, 3.63) is 48.8 Å². The zero-order valence-electron chi connectivity index (χ0n) is 12.8. The van der Waals surface area contributed by atoms with Crippen LogP contribution in [0.3, 0.4) is 0 Å². The number of fused-ring (bicyclic) bond motifs is 2. The van der Waals surface area contributed by atoms with Gasteiger partial charge in [-0.15, -0.1) is 0 Å². The van der Waals surface area contributed by atoms with Gasteiger partial charge in [-0.2, -0.15) is 10.2 Å². The molecular weight excluding hydrogens is 291 g/mol. The summed E-state index contributed by atoms with van der Waals surface area (Å²) in [5.41, 5.74) is 2.01. The second-order valence-corrected chi connectivity index (χ2v) is 5.31. The molecule has 1 radical (unpaired) electrons. The lowest BCUT2D eigenvalue weighted by Crippen LogP contribution is -2.11. The maximum Gasteiger partial charge on any atom is 0.658 e. The van der Waals surface area contributed by atoms with Gasteiger partial charge in [0.15, 0.2) is 0 Å². The fourth-order valence-corrected chi connectivity index (χ4v) is 2.53. The van der Waals surface area contributed by atoms with Crippen LogP contribution in [0.25, 0.3) is 21.8 Å². The maximum atomic E-state index is 5.56. The van der Waals surface area contributed by atoms with E-state index in [1.165, 1.54) is 7.69 Å². The number of rotatable bonds is 4. The number of hydrogen-bond donors (Lipinski definition) is 0. The van der Waals surface area contributed by atoms with E-state index in [2.05, 4.69) is 10.2 Å². The predicted octanol–water partition coefficient (Wildman–Crippen LogP) is 2.45. The normalized spacial score (nSPS) is 11.0. The maximum absolute atomic E-state index is 5.56. The summed E-state index contributed by atoms with van der Waals surface area (Å²) < 4.78 is 14.7. The highest BCUT2D eigenvalue weighted by Gasteiger charge is 2.06. The summed E-state index contributed by atoms with van der Waals surface area (Å²) >= 11 is 0. The Labute approximate surface area is 133 Å². The van der Waals surface area contributed by atoms with Crippen LogP contribution in [0.4, 0.5) is 0 Å². The summed E-state index contributed by atoms with van der Waals surface area (Å²) in [5.74, 6) is 1.39. The molecule has 4 rings (SSSR count). The third-order valence-corrected chi connectivity index (χ3v) is 3.81. The van der Waals surface area contributed by atoms with Crippen molar-refractivity contribution >= 4 is 29.5 Å². The summed E-state index contributed by atoms with van der Waals surface area (Å²) in [7, 11) is 5.12. The molecular formula is C16H14BN4O2. The molecule has 113 valence electrons. The molecule has 0 N–H and O–H groups in total. The zero-order chi connectivity index (χ0) is 15.8. The van der Waals surface area contributed by atoms with Gasteiger partial charge < -0.3 is 9.31 Å². The summed E-state index contributed by atoms with van der Waals surface area (Å²) in [4.78, 5) is 0. The molecule has 23 heavy (non-hydrogen) atoms. The summed E-state index contributed by atoms with van der Waals surface area (Å²) in [6, 6.07) is 11.5. The summed E-state index contributed by atoms with van der Waals surface area (Å²) in [6.45, 7) is 0. The van der Waals surface area contributed by atoms with E-state index in [0.717, 1.165) is 21.8 Å². The number of aryl methyl sites for hydroxylation is 2. The molecule has 0 aliphatic rings. The third kappa shape index (κ3) is 2.50. The van der Waals surface area contributed by atoms with Gasteiger partial charge >= 0.3 is 7.69 Å². The first-order valence-corrected chi connectivity index (χ1v) is 7.19. The van der Waals surface area contributed by atoms with E-state index in [9.17, 15) is 0 Å². The standard InChI is InChI=1S/C16H14BN4O2/c1-20-15-7-13(5-3-11(15)9-18-20)22-17-23-14-6-4-12-10-19-21(2)16(12)8-14/h3-10H,1-2H3. The van der Waals surface area contributed by atoms with Crippen LogP contribution in [0.2, 0.25) is 0 Å². The lowest BCUT2D eigenvalue weighted by molar-refractivity contribution is 0.459. The Bertz CT molecular complexity index is 912. The molecule has 4 aromatic rings. The monoisotopic (exact) mass is 305 g/mol. The molecule has 2 aromatic carbocycles. The van der Waals surface area contributed by atoms with Crippen molar-refractivity contribution in [1.29, 1.82) is 0 Å². The van der Waals surface area contributed by atoms with Crippen molar-refractivity contribution in [2.45, 2.75) is 0 Å². The summed E-state index contributed by atoms with van der Waals surface area (Å²) in [5, 5.41) is 10.6. The van der Waals surface area contributed by atoms with Crippen molar-refractivity contribution in [1.82, 2.24) is 19.6 Å². The Hall–Kier alpha value is -2.96. The fourth-order valence-electron chi connectivity index (χ4n) is 2.53. The van der Waals surface area contributed by atoms with Crippen molar-refractivity contribution in [2.24, 2.45) is 14.1 Å². The molecule has 0 spiro atoms. The highest BCUT2D eigenvalue weighted by molar-refractivity contribution is 6.20. The summed E-state index contributed by atoms with van der Waals surface area (Å²) in [6.07, 6.45) is 3.64. The van der Waals surface area contributed by atoms with Crippen LogP contribution >= 0.6 is 0 Å². The zero-order valence-corrected chi connectivity index (χ0v) is 12.8. The number of hydrogen-bond acceptors (Lipinski definition) is 4. The van der Waals surface area contributed by atoms with Crippen LogP contribution < -0.4 is 9.31 Å². The van der Waals surface area contributed by atoms with Gasteiger partial charge in [-0.05, 0) is 24.3 Å². The fraction of sp³-hybridized carbons (Fsp3) is 0.125. The van der Waals surface area contributed by atoms with E-state index in [1.54, 1.807) is 9.36 Å². The molecule has 0 saturated carbocycles. The van der Waals surface area contributed by atoms with Crippen LogP contribution in [-0.2, 0) is 14.1 Å². The largest absolute Gasteiger partial charge is 0.658 e. The van der Waals surface area contributed by atoms with Crippen molar-refractivity contribution in [3.8, 4) is 11.5 Å². The quantitative estimate of drug-likeness (QED) is 0.543. The highest BCUT2D eigenvalue weighted by atomic mass is 16.6. The van der Waals surface area contributed by atoms with E-state index >= 15 is 0 Å². The Balaban J connectivity index is 1.47. The molecule has 0 aliphatic carbocycles. The molecule has 6 nitrogen and oxygen atoms in total. The van der Waals surface area contributed by atoms with Gasteiger partial charge in [0.2, 0.25) is 0 Å². The molecule has 7 heteroatoms. The van der Waals surface area contributed by atoms with Crippen LogP contribution in [-0.4, -0.2) is 27.2 Å². The van der Waals surface area contributed by atoms with Crippen LogP contribution in [0.5, 0.6) is 11.5 Å². The predicted molar refractivity (Wildman–Crippen MR) is 88.4 cm³/mol. The van der Waals surface area contributed by atoms with E-state index < -0.39 is 0 Å². The lowest BCUT2D eigenvalue weighted by Gasteiger charge is -2.07. The average molecular weight is 305 g/mol. The second kappa shape index (κ2) is 5.35. The second-order valence-electron chi connectivity index (χ2n) is 5.31. The molecule has 0 unspecified atom stereocenters. The number of nitrogens with zero attached hydrogens (tertiary/aromatic N) is 4. The smallest absolute Gasteiger partial charge is 0.526 e. The lowest BCUT2D eigenvalue weighted by atomic mass is 10.2. The Morgan fingerprint density at radius 3 is 1.74 bits per heavy atom. The van der Waals surface area contributed by atoms with Crippen LogP contribution in [0.15, 0.2) is 48.8 Å². The van der Waals surface area contributed by atoms with Gasteiger partial charge in [0.25, 0.3) is 0 Å². The molecule has 0 fully saturated rings. The first-order chi connectivity index (χ1) is 11.2. The SMILES string of the molecule is Cn1ncc2ccc(O[B]Oc3ccc4cnn(C)c4c3)cc21. The van der Waals surface area contributed by atoms with Gasteiger partial charge in [0.1, 0.15) is 11.5 Å². The number of benzene rings is 2. The highest BCUT2D eigenvalue weighted by Crippen LogP contribution is 2.22. The van der Waals surface area contributed by atoms with E-state index in [4.69, 9.17) is 9.31 Å². The van der Waals surface area contributed by atoms with Crippen molar-refractivity contribution < 1.29 is 9.31 Å². The molecule has 2 heterocycles. The Kier molecular flexibility index (Phi) is 3.18. The van der Waals surface area contributed by atoms with Gasteiger partial charge in [-0.3, -0.25) is 9.36 Å². The van der Waals surface area contributed by atoms with Crippen molar-refractivity contribution in [3.63, 3.8) is 0 Å². The minimum absolute atomic E-state index is 0.697. The Morgan fingerprint density at radius 1 is 0.783 bits per heavy atom. The van der Waals surface area contributed by atoms with Gasteiger partial charge in [0, 0.05) is 37.0 Å². The van der Waals surface area contributed by atoms with Gasteiger partial charge in [0.05, 0.1) is 23.4 Å². The molecule has 0 amide bonds.